The first-order valence-corrected chi connectivity index (χ1v) is 18.6. The van der Waals surface area contributed by atoms with E-state index in [1.165, 1.54) is 11.8 Å². The Bertz CT molecular complexity index is 1690. The molecule has 286 valence electrons. The summed E-state index contributed by atoms with van der Waals surface area (Å²) in [6, 6.07) is 8.68. The molecule has 14 heteroatoms. The second-order valence-corrected chi connectivity index (χ2v) is 14.2. The van der Waals surface area contributed by atoms with Crippen molar-refractivity contribution < 1.29 is 33.6 Å². The van der Waals surface area contributed by atoms with Crippen LogP contribution >= 0.6 is 0 Å². The average Bonchev–Trinajstić information content (AvgIpc) is 3.63. The minimum atomic E-state index is -0.899. The molecule has 1 aliphatic heterocycles. The molecule has 0 saturated carbocycles. The third-order valence-corrected chi connectivity index (χ3v) is 9.42. The highest BCUT2D eigenvalue weighted by atomic mass is 16.2. The molecule has 4 rings (SSSR count). The number of nitrogens with two attached hydrogens (primary N) is 1. The highest BCUT2D eigenvalue weighted by Crippen LogP contribution is 2.32. The molecule has 1 fully saturated rings. The molecule has 14 nitrogen and oxygen atoms in total. The monoisotopic (exact) mass is 731 g/mol. The summed E-state index contributed by atoms with van der Waals surface area (Å²) in [6.45, 7) is 8.04. The van der Waals surface area contributed by atoms with Crippen LogP contribution in [0.5, 0.6) is 0 Å². The Morgan fingerprint density at radius 2 is 1.53 bits per heavy atom. The third kappa shape index (κ3) is 10.5. The standard InChI is InChI=1S/C39H53N7O7/c1-5-6-15-29(45-36(50)24(4)40)37(51)43-22-32(47)44-30(21-23(2)3)39(53)46-20-10-17-31(46)38(52)42-19-11-18-41-28-16-9-14-27-33(28)35(49)26-13-8-7-12-25(26)34(27)48/h7-9,12-14,16,23-24,29-31,41H,5-6,10-11,15,17-22,40H2,1-4H3,(H,42,52)(H,43,51)(H,44,47)(H,45,50)/t24-,29-,30-,31-/m0/s1. The molecule has 0 radical (unpaired) electrons. The van der Waals surface area contributed by atoms with Gasteiger partial charge in [0, 0.05) is 42.0 Å². The predicted octanol–water partition coefficient (Wildman–Crippen LogP) is 2.04. The molecule has 7 N–H and O–H groups in total. The van der Waals surface area contributed by atoms with Gasteiger partial charge in [-0.3, -0.25) is 33.6 Å². The molecule has 0 spiro atoms. The van der Waals surface area contributed by atoms with E-state index in [1.807, 2.05) is 20.8 Å². The molecule has 4 atom stereocenters. The van der Waals surface area contributed by atoms with E-state index in [0.717, 1.165) is 6.42 Å². The van der Waals surface area contributed by atoms with Gasteiger partial charge in [0.15, 0.2) is 11.6 Å². The van der Waals surface area contributed by atoms with E-state index in [-0.39, 0.29) is 35.8 Å². The smallest absolute Gasteiger partial charge is 0.245 e. The topological polar surface area (TPSA) is 209 Å². The molecule has 2 aromatic rings. The zero-order chi connectivity index (χ0) is 38.7. The Balaban J connectivity index is 1.28. The molecule has 0 bridgehead atoms. The van der Waals surface area contributed by atoms with Crippen LogP contribution in [0.15, 0.2) is 42.5 Å². The Kier molecular flexibility index (Phi) is 14.7. The Morgan fingerprint density at radius 1 is 0.830 bits per heavy atom. The summed E-state index contributed by atoms with van der Waals surface area (Å²) in [6.07, 6.45) is 3.84. The van der Waals surface area contributed by atoms with Crippen molar-refractivity contribution in [2.75, 3.05) is 31.5 Å². The molecule has 2 aromatic carbocycles. The number of carbonyl (C=O) groups is 7. The molecule has 0 aromatic heterocycles. The van der Waals surface area contributed by atoms with Crippen LogP contribution in [0.25, 0.3) is 0 Å². The van der Waals surface area contributed by atoms with Gasteiger partial charge in [-0.2, -0.15) is 0 Å². The number of benzene rings is 2. The van der Waals surface area contributed by atoms with Gasteiger partial charge in [0.25, 0.3) is 0 Å². The normalized spacial score (nSPS) is 16.6. The van der Waals surface area contributed by atoms with Crippen LogP contribution in [0.4, 0.5) is 5.69 Å². The number of fused-ring (bicyclic) bond motifs is 2. The first kappa shape index (κ1) is 40.7. The highest BCUT2D eigenvalue weighted by Gasteiger charge is 2.38. The van der Waals surface area contributed by atoms with E-state index in [0.29, 0.717) is 86.1 Å². The van der Waals surface area contributed by atoms with Crippen LogP contribution < -0.4 is 32.3 Å². The van der Waals surface area contributed by atoms with E-state index in [9.17, 15) is 33.6 Å². The van der Waals surface area contributed by atoms with Crippen molar-refractivity contribution in [1.82, 2.24) is 26.2 Å². The van der Waals surface area contributed by atoms with Gasteiger partial charge in [-0.25, -0.2) is 0 Å². The maximum Gasteiger partial charge on any atom is 0.245 e. The van der Waals surface area contributed by atoms with E-state index in [4.69, 9.17) is 5.73 Å². The molecular formula is C39H53N7O7. The van der Waals surface area contributed by atoms with Crippen LogP contribution in [-0.4, -0.2) is 96.3 Å². The van der Waals surface area contributed by atoms with Crippen LogP contribution in [0, 0.1) is 5.92 Å². The number of likely N-dealkylation sites (tertiary alicyclic amines) is 1. The highest BCUT2D eigenvalue weighted by molar-refractivity contribution is 6.30. The molecule has 0 unspecified atom stereocenters. The van der Waals surface area contributed by atoms with E-state index in [1.54, 1.807) is 42.5 Å². The summed E-state index contributed by atoms with van der Waals surface area (Å²) in [4.78, 5) is 92.9. The summed E-state index contributed by atoms with van der Waals surface area (Å²) in [5.74, 6) is -2.56. The molecule has 1 saturated heterocycles. The van der Waals surface area contributed by atoms with Crippen molar-refractivity contribution >= 4 is 46.8 Å². The Morgan fingerprint density at radius 3 is 2.21 bits per heavy atom. The molecular weight excluding hydrogens is 678 g/mol. The number of nitrogens with zero attached hydrogens (tertiary/aromatic N) is 1. The van der Waals surface area contributed by atoms with Crippen molar-refractivity contribution in [2.24, 2.45) is 11.7 Å². The van der Waals surface area contributed by atoms with Crippen LogP contribution in [-0.2, 0) is 24.0 Å². The van der Waals surface area contributed by atoms with Gasteiger partial charge in [-0.15, -0.1) is 0 Å². The lowest BCUT2D eigenvalue weighted by Crippen LogP contribution is -2.56. The first-order valence-electron chi connectivity index (χ1n) is 18.6. The summed E-state index contributed by atoms with van der Waals surface area (Å²) in [5.41, 5.74) is 7.66. The summed E-state index contributed by atoms with van der Waals surface area (Å²) < 4.78 is 0. The van der Waals surface area contributed by atoms with E-state index in [2.05, 4.69) is 26.6 Å². The van der Waals surface area contributed by atoms with Gasteiger partial charge < -0.3 is 37.2 Å². The van der Waals surface area contributed by atoms with Crippen molar-refractivity contribution in [3.63, 3.8) is 0 Å². The molecule has 53 heavy (non-hydrogen) atoms. The Hall–Kier alpha value is -5.11. The maximum atomic E-state index is 13.8. The van der Waals surface area contributed by atoms with Crippen molar-refractivity contribution in [2.45, 2.75) is 96.8 Å². The quantitative estimate of drug-likeness (QED) is 0.106. The fraction of sp³-hybridized carbons (Fsp3) is 0.513. The number of carbonyl (C=O) groups excluding carboxylic acids is 7. The minimum absolute atomic E-state index is 0.0477. The van der Waals surface area contributed by atoms with Crippen molar-refractivity contribution in [1.29, 1.82) is 0 Å². The average molecular weight is 732 g/mol. The third-order valence-electron chi connectivity index (χ3n) is 9.42. The number of anilines is 1. The van der Waals surface area contributed by atoms with Gasteiger partial charge in [-0.1, -0.05) is 70.0 Å². The molecule has 5 amide bonds. The van der Waals surface area contributed by atoms with Crippen molar-refractivity contribution in [3.8, 4) is 0 Å². The lowest BCUT2D eigenvalue weighted by atomic mass is 9.83. The number of ketones is 2. The van der Waals surface area contributed by atoms with Crippen LogP contribution in [0.1, 0.15) is 104 Å². The molecule has 1 heterocycles. The molecule has 2 aliphatic rings. The summed E-state index contributed by atoms with van der Waals surface area (Å²) in [7, 11) is 0. The summed E-state index contributed by atoms with van der Waals surface area (Å²) >= 11 is 0. The van der Waals surface area contributed by atoms with Crippen molar-refractivity contribution in [3.05, 3.63) is 64.7 Å². The fourth-order valence-electron chi connectivity index (χ4n) is 6.65. The Labute approximate surface area is 310 Å². The predicted molar refractivity (Wildman–Crippen MR) is 200 cm³/mol. The lowest BCUT2D eigenvalue weighted by molar-refractivity contribution is -0.141. The summed E-state index contributed by atoms with van der Waals surface area (Å²) in [5, 5.41) is 14.1. The van der Waals surface area contributed by atoms with Crippen LogP contribution in [0.2, 0.25) is 0 Å². The number of amides is 5. The first-order chi connectivity index (χ1) is 25.3. The fourth-order valence-corrected chi connectivity index (χ4v) is 6.65. The largest absolute Gasteiger partial charge is 0.384 e. The minimum Gasteiger partial charge on any atom is -0.384 e. The molecule has 1 aliphatic carbocycles. The second kappa shape index (κ2) is 19.1. The zero-order valence-corrected chi connectivity index (χ0v) is 31.1. The zero-order valence-electron chi connectivity index (χ0n) is 31.1. The number of hydrogen-bond donors (Lipinski definition) is 6. The van der Waals surface area contributed by atoms with E-state index < -0.39 is 41.9 Å². The van der Waals surface area contributed by atoms with Gasteiger partial charge in [0.05, 0.1) is 18.2 Å². The lowest BCUT2D eigenvalue weighted by Gasteiger charge is -2.29. The van der Waals surface area contributed by atoms with Gasteiger partial charge >= 0.3 is 0 Å². The SMILES string of the molecule is CCCC[C@H](NC(=O)[C@H](C)N)C(=O)NCC(=O)N[C@@H](CC(C)C)C(=O)N1CCC[C@H]1C(=O)NCCCNc1cccc2c1C(=O)c1ccccc1C2=O. The van der Waals surface area contributed by atoms with E-state index >= 15 is 0 Å². The number of unbranched alkanes of at least 4 members (excludes halogenated alkanes) is 1. The second-order valence-electron chi connectivity index (χ2n) is 14.2. The van der Waals surface area contributed by atoms with Crippen LogP contribution in [0.3, 0.4) is 0 Å². The van der Waals surface area contributed by atoms with Gasteiger partial charge in [-0.05, 0) is 51.0 Å². The number of hydrogen-bond acceptors (Lipinski definition) is 9. The van der Waals surface area contributed by atoms with Gasteiger partial charge in [0.1, 0.15) is 18.1 Å². The number of nitrogens with one attached hydrogen (secondary N) is 5. The van der Waals surface area contributed by atoms with Gasteiger partial charge in [0.2, 0.25) is 29.5 Å². The number of rotatable bonds is 18. The maximum absolute atomic E-state index is 13.8.